The zero-order chi connectivity index (χ0) is 37.4. The highest BCUT2D eigenvalue weighted by Gasteiger charge is 2.18. The molecule has 0 aliphatic heterocycles. The van der Waals surface area contributed by atoms with E-state index in [2.05, 4.69) is 84.9 Å². The van der Waals surface area contributed by atoms with Crippen molar-refractivity contribution < 1.29 is 37.9 Å². The molecule has 0 aliphatic rings. The Morgan fingerprint density at radius 1 is 0.580 bits per heavy atom. The molecule has 0 saturated carbocycles. The molecule has 0 saturated heterocycles. The molecule has 2 aromatic rings. The standard InChI is InChI=1S/C39H66O8Si3/c1-31(2)14-17-35-33(26-34(27-36(35)40-3)45-28-42-18-21-48(5,6)7)16-15-32-24-37(41-4)39(47-30-44-20-23-50(11,12)13)38(25-32)46-29-43-19-22-49(8,9)10/h14-16,24-27H,17-23,28-30H2,1-13H3/b16-15+. The van der Waals surface area contributed by atoms with Gasteiger partial charge in [0.05, 0.1) is 14.2 Å². The van der Waals surface area contributed by atoms with Crippen molar-refractivity contribution in [2.45, 2.75) is 97.3 Å². The molecule has 0 unspecified atom stereocenters. The van der Waals surface area contributed by atoms with Crippen molar-refractivity contribution in [3.05, 3.63) is 52.6 Å². The number of hydrogen-bond acceptors (Lipinski definition) is 8. The number of ether oxygens (including phenoxy) is 8. The van der Waals surface area contributed by atoms with Crippen LogP contribution in [0.1, 0.15) is 30.5 Å². The van der Waals surface area contributed by atoms with E-state index in [9.17, 15) is 0 Å². The van der Waals surface area contributed by atoms with Gasteiger partial charge in [0.2, 0.25) is 5.75 Å². The fourth-order valence-corrected chi connectivity index (χ4v) is 6.76. The topological polar surface area (TPSA) is 73.8 Å². The van der Waals surface area contributed by atoms with Crippen LogP contribution in [0.3, 0.4) is 0 Å². The summed E-state index contributed by atoms with van der Waals surface area (Å²) in [5.74, 6) is 3.01. The quantitative estimate of drug-likeness (QED) is 0.0346. The maximum atomic E-state index is 6.17. The van der Waals surface area contributed by atoms with E-state index in [1.54, 1.807) is 14.2 Å². The maximum absolute atomic E-state index is 6.17. The molecular formula is C39H66O8Si3. The van der Waals surface area contributed by atoms with Crippen LogP contribution in [0.4, 0.5) is 0 Å². The van der Waals surface area contributed by atoms with Crippen LogP contribution in [0.2, 0.25) is 77.1 Å². The Kier molecular flexibility index (Phi) is 18.4. The lowest BCUT2D eigenvalue weighted by Gasteiger charge is -2.19. The highest BCUT2D eigenvalue weighted by molar-refractivity contribution is 6.76. The van der Waals surface area contributed by atoms with Crippen LogP contribution in [0, 0.1) is 0 Å². The summed E-state index contributed by atoms with van der Waals surface area (Å²) < 4.78 is 47.6. The van der Waals surface area contributed by atoms with Gasteiger partial charge >= 0.3 is 0 Å². The normalized spacial score (nSPS) is 12.3. The monoisotopic (exact) mass is 746 g/mol. The van der Waals surface area contributed by atoms with Gasteiger partial charge in [0, 0.05) is 55.7 Å². The Balaban J connectivity index is 2.41. The summed E-state index contributed by atoms with van der Waals surface area (Å²) in [6, 6.07) is 11.1. The van der Waals surface area contributed by atoms with Gasteiger partial charge < -0.3 is 37.9 Å². The van der Waals surface area contributed by atoms with Crippen LogP contribution in [0.15, 0.2) is 35.9 Å². The van der Waals surface area contributed by atoms with Crippen molar-refractivity contribution in [2.75, 3.05) is 54.4 Å². The first-order chi connectivity index (χ1) is 23.4. The lowest BCUT2D eigenvalue weighted by molar-refractivity contribution is 0.00458. The van der Waals surface area contributed by atoms with Crippen LogP contribution >= 0.6 is 0 Å². The number of methoxy groups -OCH3 is 2. The zero-order valence-corrected chi connectivity index (χ0v) is 36.4. The van der Waals surface area contributed by atoms with Crippen molar-refractivity contribution in [2.24, 2.45) is 0 Å². The first-order valence-corrected chi connectivity index (χ1v) is 28.9. The fourth-order valence-electron chi connectivity index (χ4n) is 4.49. The summed E-state index contributed by atoms with van der Waals surface area (Å²) in [6.07, 6.45) is 7.02. The van der Waals surface area contributed by atoms with E-state index < -0.39 is 24.2 Å². The molecule has 8 nitrogen and oxygen atoms in total. The van der Waals surface area contributed by atoms with E-state index in [-0.39, 0.29) is 20.4 Å². The minimum Gasteiger partial charge on any atom is -0.496 e. The predicted molar refractivity (Wildman–Crippen MR) is 217 cm³/mol. The summed E-state index contributed by atoms with van der Waals surface area (Å²) >= 11 is 0. The molecule has 0 fully saturated rings. The van der Waals surface area contributed by atoms with Gasteiger partial charge in [-0.1, -0.05) is 82.7 Å². The third-order valence-corrected chi connectivity index (χ3v) is 12.9. The Labute approximate surface area is 306 Å². The van der Waals surface area contributed by atoms with Crippen LogP contribution in [0.5, 0.6) is 28.7 Å². The number of allylic oxidation sites excluding steroid dienone is 2. The van der Waals surface area contributed by atoms with Gasteiger partial charge in [-0.3, -0.25) is 0 Å². The first kappa shape index (κ1) is 43.6. The van der Waals surface area contributed by atoms with Crippen LogP contribution in [-0.2, 0) is 20.6 Å². The molecule has 0 atom stereocenters. The largest absolute Gasteiger partial charge is 0.496 e. The van der Waals surface area contributed by atoms with E-state index in [0.29, 0.717) is 42.8 Å². The summed E-state index contributed by atoms with van der Waals surface area (Å²) in [5, 5.41) is 0. The number of rotatable bonds is 24. The average molecular weight is 747 g/mol. The van der Waals surface area contributed by atoms with E-state index in [1.165, 1.54) is 5.57 Å². The Bertz CT molecular complexity index is 1370. The van der Waals surface area contributed by atoms with Crippen LogP contribution < -0.4 is 23.7 Å². The Morgan fingerprint density at radius 2 is 1.08 bits per heavy atom. The molecule has 0 spiro atoms. The van der Waals surface area contributed by atoms with Crippen molar-refractivity contribution in [1.82, 2.24) is 0 Å². The molecule has 0 aliphatic carbocycles. The Morgan fingerprint density at radius 3 is 1.58 bits per heavy atom. The molecular weight excluding hydrogens is 681 g/mol. The van der Waals surface area contributed by atoms with Crippen molar-refractivity contribution in [3.63, 3.8) is 0 Å². The van der Waals surface area contributed by atoms with Gasteiger partial charge in [-0.25, -0.2) is 0 Å². The molecule has 0 radical (unpaired) electrons. The minimum atomic E-state index is -1.23. The first-order valence-electron chi connectivity index (χ1n) is 17.8. The van der Waals surface area contributed by atoms with E-state index >= 15 is 0 Å². The van der Waals surface area contributed by atoms with E-state index in [4.69, 9.17) is 37.9 Å². The van der Waals surface area contributed by atoms with Crippen LogP contribution in [-0.4, -0.2) is 78.6 Å². The molecule has 0 aromatic heterocycles. The molecule has 282 valence electrons. The number of benzene rings is 2. The molecule has 2 aromatic carbocycles. The SMILES string of the molecule is COc1cc(OCOCC[Si](C)(C)C)cc(/C=C/c2cc(OC)c(OCOCC[Si](C)(C)C)c(OCOCC[Si](C)(C)C)c2)c1CC=C(C)C. The summed E-state index contributed by atoms with van der Waals surface area (Å²) in [4.78, 5) is 0. The van der Waals surface area contributed by atoms with E-state index in [0.717, 1.165) is 47.0 Å². The average Bonchev–Trinajstić information content (AvgIpc) is 3.01. The summed E-state index contributed by atoms with van der Waals surface area (Å²) in [7, 11) is -0.301. The fraction of sp³-hybridized carbons (Fsp3) is 0.590. The molecule has 0 N–H and O–H groups in total. The highest BCUT2D eigenvalue weighted by atomic mass is 28.3. The van der Waals surface area contributed by atoms with Gasteiger partial charge in [0.15, 0.2) is 31.9 Å². The van der Waals surface area contributed by atoms with E-state index in [1.807, 2.05) is 30.3 Å². The van der Waals surface area contributed by atoms with Gasteiger partial charge in [0.25, 0.3) is 0 Å². The molecule has 2 rings (SSSR count). The molecule has 0 heterocycles. The molecule has 11 heteroatoms. The van der Waals surface area contributed by atoms with Crippen molar-refractivity contribution >= 4 is 36.4 Å². The number of hydrogen-bond donors (Lipinski definition) is 0. The third-order valence-electron chi connectivity index (χ3n) is 7.75. The van der Waals surface area contributed by atoms with Crippen molar-refractivity contribution in [1.29, 1.82) is 0 Å². The smallest absolute Gasteiger partial charge is 0.206 e. The summed E-state index contributed by atoms with van der Waals surface area (Å²) in [5.41, 5.74) is 4.15. The lowest BCUT2D eigenvalue weighted by atomic mass is 10.00. The van der Waals surface area contributed by atoms with Gasteiger partial charge in [-0.15, -0.1) is 0 Å². The zero-order valence-electron chi connectivity index (χ0n) is 33.4. The summed E-state index contributed by atoms with van der Waals surface area (Å²) in [6.45, 7) is 27.6. The molecule has 0 bridgehead atoms. The minimum absolute atomic E-state index is 0.102. The second kappa shape index (κ2) is 21.1. The second-order valence-electron chi connectivity index (χ2n) is 16.5. The van der Waals surface area contributed by atoms with Crippen LogP contribution in [0.25, 0.3) is 12.2 Å². The lowest BCUT2D eigenvalue weighted by Crippen LogP contribution is -2.22. The highest BCUT2D eigenvalue weighted by Crippen LogP contribution is 2.40. The van der Waals surface area contributed by atoms with Gasteiger partial charge in [-0.05, 0) is 67.7 Å². The maximum Gasteiger partial charge on any atom is 0.206 e. The second-order valence-corrected chi connectivity index (χ2v) is 33.4. The van der Waals surface area contributed by atoms with Gasteiger partial charge in [-0.2, -0.15) is 0 Å². The Hall–Kier alpha value is -2.55. The molecule has 0 amide bonds. The van der Waals surface area contributed by atoms with Crippen molar-refractivity contribution in [3.8, 4) is 28.7 Å². The third kappa shape index (κ3) is 18.1. The predicted octanol–water partition coefficient (Wildman–Crippen LogP) is 10.5. The molecule has 50 heavy (non-hydrogen) atoms. The van der Waals surface area contributed by atoms with Gasteiger partial charge in [0.1, 0.15) is 11.5 Å².